The van der Waals surface area contributed by atoms with Crippen LogP contribution in [0.5, 0.6) is 0 Å². The molecule has 116 valence electrons. The monoisotopic (exact) mass is 323 g/mol. The maximum absolute atomic E-state index is 12.2. The Bertz CT molecular complexity index is 782. The predicted molar refractivity (Wildman–Crippen MR) is 95.6 cm³/mol. The number of thiazole rings is 1. The lowest BCUT2D eigenvalue weighted by atomic mass is 10.1. The molecule has 3 rings (SSSR count). The summed E-state index contributed by atoms with van der Waals surface area (Å²) in [6.45, 7) is 2.10. The lowest BCUT2D eigenvalue weighted by Gasteiger charge is -2.04. The summed E-state index contributed by atoms with van der Waals surface area (Å²) < 4.78 is 0. The Hall–Kier alpha value is -2.66. The fourth-order valence-electron chi connectivity index (χ4n) is 2.10. The van der Waals surface area contributed by atoms with Gasteiger partial charge in [-0.25, -0.2) is 4.98 Å². The topological polar surface area (TPSA) is 54.0 Å². The van der Waals surface area contributed by atoms with Crippen LogP contribution < -0.4 is 10.6 Å². The zero-order valence-electron chi connectivity index (χ0n) is 12.7. The van der Waals surface area contributed by atoms with Crippen molar-refractivity contribution >= 4 is 33.8 Å². The molecule has 0 saturated heterocycles. The van der Waals surface area contributed by atoms with Crippen LogP contribution in [0.15, 0.2) is 60.0 Å². The number of hydrogen-bond acceptors (Lipinski definition) is 4. The van der Waals surface area contributed by atoms with Crippen LogP contribution in [0.25, 0.3) is 0 Å². The van der Waals surface area contributed by atoms with E-state index in [1.165, 1.54) is 16.9 Å². The van der Waals surface area contributed by atoms with Gasteiger partial charge < -0.3 is 10.6 Å². The predicted octanol–water partition coefficient (Wildman–Crippen LogP) is 4.70. The van der Waals surface area contributed by atoms with Gasteiger partial charge in [-0.1, -0.05) is 37.3 Å². The first-order chi connectivity index (χ1) is 11.2. The van der Waals surface area contributed by atoms with Crippen molar-refractivity contribution in [3.05, 3.63) is 71.2 Å². The molecule has 2 N–H and O–H groups in total. The SMILES string of the molecule is CCc1ccc(NC(=O)c2csc(Nc3ccccc3)n2)cc1. The van der Waals surface area contributed by atoms with Crippen LogP contribution in [0.2, 0.25) is 0 Å². The van der Waals surface area contributed by atoms with E-state index in [9.17, 15) is 4.79 Å². The Labute approximate surface area is 139 Å². The zero-order chi connectivity index (χ0) is 16.1. The van der Waals surface area contributed by atoms with Gasteiger partial charge in [0.25, 0.3) is 5.91 Å². The van der Waals surface area contributed by atoms with Crippen LogP contribution in [0.1, 0.15) is 23.0 Å². The number of amides is 1. The third-order valence-corrected chi connectivity index (χ3v) is 4.14. The van der Waals surface area contributed by atoms with Gasteiger partial charge in [-0.2, -0.15) is 0 Å². The van der Waals surface area contributed by atoms with Crippen molar-refractivity contribution in [2.75, 3.05) is 10.6 Å². The first kappa shape index (κ1) is 15.2. The van der Waals surface area contributed by atoms with Crippen molar-refractivity contribution in [2.24, 2.45) is 0 Å². The van der Waals surface area contributed by atoms with Crippen LogP contribution >= 0.6 is 11.3 Å². The second-order valence-corrected chi connectivity index (χ2v) is 5.89. The second kappa shape index (κ2) is 7.07. The van der Waals surface area contributed by atoms with Gasteiger partial charge in [-0.15, -0.1) is 11.3 Å². The Balaban J connectivity index is 1.66. The van der Waals surface area contributed by atoms with E-state index in [1.54, 1.807) is 5.38 Å². The van der Waals surface area contributed by atoms with E-state index < -0.39 is 0 Å². The number of aromatic nitrogens is 1. The van der Waals surface area contributed by atoms with Crippen molar-refractivity contribution in [3.63, 3.8) is 0 Å². The molecule has 4 nitrogen and oxygen atoms in total. The fourth-order valence-corrected chi connectivity index (χ4v) is 2.81. The Morgan fingerprint density at radius 1 is 1.04 bits per heavy atom. The number of carbonyl (C=O) groups is 1. The van der Waals surface area contributed by atoms with Crippen molar-refractivity contribution in [1.29, 1.82) is 0 Å². The van der Waals surface area contributed by atoms with E-state index in [4.69, 9.17) is 0 Å². The van der Waals surface area contributed by atoms with Gasteiger partial charge in [0.2, 0.25) is 0 Å². The van der Waals surface area contributed by atoms with Crippen molar-refractivity contribution in [2.45, 2.75) is 13.3 Å². The lowest BCUT2D eigenvalue weighted by molar-refractivity contribution is 0.102. The molecule has 0 aliphatic carbocycles. The Kier molecular flexibility index (Phi) is 4.68. The minimum atomic E-state index is -0.202. The number of hydrogen-bond donors (Lipinski definition) is 2. The van der Waals surface area contributed by atoms with Crippen molar-refractivity contribution in [3.8, 4) is 0 Å². The summed E-state index contributed by atoms with van der Waals surface area (Å²) in [7, 11) is 0. The number of para-hydroxylation sites is 1. The van der Waals surface area contributed by atoms with Gasteiger partial charge in [0, 0.05) is 16.8 Å². The summed E-state index contributed by atoms with van der Waals surface area (Å²) in [5, 5.41) is 8.50. The largest absolute Gasteiger partial charge is 0.332 e. The van der Waals surface area contributed by atoms with Crippen LogP contribution in [-0.4, -0.2) is 10.9 Å². The number of nitrogens with zero attached hydrogens (tertiary/aromatic N) is 1. The molecule has 2 aromatic carbocycles. The smallest absolute Gasteiger partial charge is 0.275 e. The van der Waals surface area contributed by atoms with Crippen molar-refractivity contribution in [1.82, 2.24) is 4.98 Å². The molecule has 5 heteroatoms. The molecular formula is C18H17N3OS. The number of nitrogens with one attached hydrogen (secondary N) is 2. The molecular weight excluding hydrogens is 306 g/mol. The summed E-state index contributed by atoms with van der Waals surface area (Å²) in [5.41, 5.74) is 3.38. The van der Waals surface area contributed by atoms with Gasteiger partial charge in [-0.05, 0) is 36.2 Å². The number of anilines is 3. The second-order valence-electron chi connectivity index (χ2n) is 5.03. The first-order valence-corrected chi connectivity index (χ1v) is 8.30. The highest BCUT2D eigenvalue weighted by Crippen LogP contribution is 2.21. The molecule has 0 unspecified atom stereocenters. The summed E-state index contributed by atoms with van der Waals surface area (Å²) in [6.07, 6.45) is 0.981. The van der Waals surface area contributed by atoms with Crippen molar-refractivity contribution < 1.29 is 4.79 Å². The molecule has 1 heterocycles. The minimum Gasteiger partial charge on any atom is -0.332 e. The van der Waals surface area contributed by atoms with Crippen LogP contribution in [0.3, 0.4) is 0 Å². The highest BCUT2D eigenvalue weighted by molar-refractivity contribution is 7.14. The summed E-state index contributed by atoms with van der Waals surface area (Å²) >= 11 is 1.41. The number of rotatable bonds is 5. The Morgan fingerprint density at radius 3 is 2.48 bits per heavy atom. The molecule has 0 aliphatic rings. The minimum absolute atomic E-state index is 0.202. The van der Waals surface area contributed by atoms with E-state index in [0.717, 1.165) is 17.8 Å². The third-order valence-electron chi connectivity index (χ3n) is 3.38. The van der Waals surface area contributed by atoms with Gasteiger partial charge in [0.1, 0.15) is 5.69 Å². The molecule has 0 spiro atoms. The molecule has 23 heavy (non-hydrogen) atoms. The molecule has 1 amide bonds. The normalized spacial score (nSPS) is 10.3. The average molecular weight is 323 g/mol. The molecule has 0 fully saturated rings. The van der Waals surface area contributed by atoms with Gasteiger partial charge in [0.15, 0.2) is 5.13 Å². The molecule has 0 bridgehead atoms. The summed E-state index contributed by atoms with van der Waals surface area (Å²) in [5.74, 6) is -0.202. The molecule has 0 radical (unpaired) electrons. The van der Waals surface area contributed by atoms with E-state index >= 15 is 0 Å². The molecule has 0 saturated carbocycles. The Morgan fingerprint density at radius 2 is 1.78 bits per heavy atom. The van der Waals surface area contributed by atoms with Crippen LogP contribution in [0, 0.1) is 0 Å². The van der Waals surface area contributed by atoms with E-state index in [0.29, 0.717) is 10.8 Å². The number of aryl methyl sites for hydroxylation is 1. The standard InChI is InChI=1S/C18H17N3OS/c1-2-13-8-10-15(11-9-13)19-17(22)16-12-23-18(21-16)20-14-6-4-3-5-7-14/h3-12H,2H2,1H3,(H,19,22)(H,20,21). The maximum Gasteiger partial charge on any atom is 0.275 e. The van der Waals surface area contributed by atoms with E-state index in [-0.39, 0.29) is 5.91 Å². The highest BCUT2D eigenvalue weighted by atomic mass is 32.1. The fraction of sp³-hybridized carbons (Fsp3) is 0.111. The third kappa shape index (κ3) is 3.96. The summed E-state index contributed by atoms with van der Waals surface area (Å²) in [6, 6.07) is 17.6. The quantitative estimate of drug-likeness (QED) is 0.715. The zero-order valence-corrected chi connectivity index (χ0v) is 13.6. The first-order valence-electron chi connectivity index (χ1n) is 7.42. The molecule has 1 aromatic heterocycles. The van der Waals surface area contributed by atoms with Gasteiger partial charge in [0.05, 0.1) is 0 Å². The average Bonchev–Trinajstić information content (AvgIpc) is 3.05. The maximum atomic E-state index is 12.2. The van der Waals surface area contributed by atoms with E-state index in [2.05, 4.69) is 22.5 Å². The van der Waals surface area contributed by atoms with E-state index in [1.807, 2.05) is 54.6 Å². The summed E-state index contributed by atoms with van der Waals surface area (Å²) in [4.78, 5) is 16.6. The molecule has 0 atom stereocenters. The number of carbonyl (C=O) groups excluding carboxylic acids is 1. The van der Waals surface area contributed by atoms with Gasteiger partial charge in [-0.3, -0.25) is 4.79 Å². The lowest BCUT2D eigenvalue weighted by Crippen LogP contribution is -2.12. The molecule has 0 aliphatic heterocycles. The van der Waals surface area contributed by atoms with Crippen LogP contribution in [-0.2, 0) is 6.42 Å². The highest BCUT2D eigenvalue weighted by Gasteiger charge is 2.11. The number of benzene rings is 2. The van der Waals surface area contributed by atoms with Crippen LogP contribution in [0.4, 0.5) is 16.5 Å². The van der Waals surface area contributed by atoms with Gasteiger partial charge >= 0.3 is 0 Å². The molecule has 3 aromatic rings.